The molecule has 0 N–H and O–H groups in total. The molecule has 0 aliphatic carbocycles. The lowest BCUT2D eigenvalue weighted by molar-refractivity contribution is 0.968. The fraction of sp³-hybridized carbons (Fsp3) is 0.308. The van der Waals surface area contributed by atoms with Gasteiger partial charge in [-0.2, -0.15) is 0 Å². The van der Waals surface area contributed by atoms with Gasteiger partial charge in [-0.3, -0.25) is 4.98 Å². The van der Waals surface area contributed by atoms with Crippen molar-refractivity contribution in [3.05, 3.63) is 40.3 Å². The Bertz CT molecular complexity index is 552. The van der Waals surface area contributed by atoms with Crippen molar-refractivity contribution in [1.82, 2.24) is 15.0 Å². The van der Waals surface area contributed by atoms with E-state index in [1.165, 1.54) is 0 Å². The summed E-state index contributed by atoms with van der Waals surface area (Å²) in [7, 11) is 0. The molecular formula is C13H14ClN3. The van der Waals surface area contributed by atoms with Gasteiger partial charge in [-0.25, -0.2) is 9.97 Å². The summed E-state index contributed by atoms with van der Waals surface area (Å²) in [5, 5.41) is 0.511. The van der Waals surface area contributed by atoms with Crippen LogP contribution >= 0.6 is 11.6 Å². The van der Waals surface area contributed by atoms with E-state index in [-0.39, 0.29) is 0 Å². The molecule has 2 aromatic rings. The van der Waals surface area contributed by atoms with Gasteiger partial charge in [0.2, 0.25) is 0 Å². The van der Waals surface area contributed by atoms with E-state index in [4.69, 9.17) is 11.6 Å². The Morgan fingerprint density at radius 3 is 2.65 bits per heavy atom. The molecule has 0 radical (unpaired) electrons. The van der Waals surface area contributed by atoms with Crippen molar-refractivity contribution < 1.29 is 0 Å². The lowest BCUT2D eigenvalue weighted by Crippen LogP contribution is -2.01. The van der Waals surface area contributed by atoms with Gasteiger partial charge in [-0.15, -0.1) is 0 Å². The first kappa shape index (κ1) is 12.0. The molecule has 17 heavy (non-hydrogen) atoms. The molecule has 2 rings (SSSR count). The van der Waals surface area contributed by atoms with Gasteiger partial charge in [0.05, 0.1) is 0 Å². The highest BCUT2D eigenvalue weighted by molar-refractivity contribution is 6.30. The first-order valence-electron chi connectivity index (χ1n) is 5.58. The van der Waals surface area contributed by atoms with Gasteiger partial charge in [-0.1, -0.05) is 24.6 Å². The Morgan fingerprint density at radius 1 is 1.24 bits per heavy atom. The van der Waals surface area contributed by atoms with Gasteiger partial charge in [0.25, 0.3) is 0 Å². The van der Waals surface area contributed by atoms with Crippen LogP contribution in [0.3, 0.4) is 0 Å². The highest BCUT2D eigenvalue weighted by Gasteiger charge is 2.11. The summed E-state index contributed by atoms with van der Waals surface area (Å²) < 4.78 is 0. The zero-order valence-electron chi connectivity index (χ0n) is 10.2. The van der Waals surface area contributed by atoms with Crippen molar-refractivity contribution in [1.29, 1.82) is 0 Å². The third-order valence-electron chi connectivity index (χ3n) is 2.74. The standard InChI is InChI=1S/C13H14ClN3/c1-4-10-9(3)12(14)17-13(16-10)11-8(2)6-5-7-15-11/h5-7H,4H2,1-3H3. The summed E-state index contributed by atoms with van der Waals surface area (Å²) in [6.07, 6.45) is 2.58. The summed E-state index contributed by atoms with van der Waals surface area (Å²) in [5.41, 5.74) is 3.77. The second-order valence-corrected chi connectivity index (χ2v) is 4.29. The summed E-state index contributed by atoms with van der Waals surface area (Å²) in [6.45, 7) is 5.99. The van der Waals surface area contributed by atoms with E-state index < -0.39 is 0 Å². The van der Waals surface area contributed by atoms with Crippen LogP contribution in [0.5, 0.6) is 0 Å². The van der Waals surface area contributed by atoms with E-state index in [1.807, 2.05) is 26.0 Å². The number of pyridine rings is 1. The maximum Gasteiger partial charge on any atom is 0.180 e. The monoisotopic (exact) mass is 247 g/mol. The highest BCUT2D eigenvalue weighted by Crippen LogP contribution is 2.22. The summed E-state index contributed by atoms with van der Waals surface area (Å²) in [4.78, 5) is 13.1. The Balaban J connectivity index is 2.61. The molecule has 2 heterocycles. The van der Waals surface area contributed by atoms with Gasteiger partial charge < -0.3 is 0 Å². The van der Waals surface area contributed by atoms with Crippen molar-refractivity contribution in [3.8, 4) is 11.5 Å². The second-order valence-electron chi connectivity index (χ2n) is 3.93. The van der Waals surface area contributed by atoms with Crippen LogP contribution in [-0.4, -0.2) is 15.0 Å². The number of nitrogens with zero attached hydrogens (tertiary/aromatic N) is 3. The van der Waals surface area contributed by atoms with Crippen LogP contribution in [0.15, 0.2) is 18.3 Å². The molecule has 88 valence electrons. The van der Waals surface area contributed by atoms with Crippen molar-refractivity contribution in [3.63, 3.8) is 0 Å². The SMILES string of the molecule is CCc1nc(-c2ncccc2C)nc(Cl)c1C. The van der Waals surface area contributed by atoms with E-state index in [0.717, 1.165) is 28.9 Å². The van der Waals surface area contributed by atoms with Crippen molar-refractivity contribution in [2.75, 3.05) is 0 Å². The fourth-order valence-corrected chi connectivity index (χ4v) is 1.89. The number of hydrogen-bond acceptors (Lipinski definition) is 3. The van der Waals surface area contributed by atoms with Crippen LogP contribution in [0.4, 0.5) is 0 Å². The molecule has 0 saturated carbocycles. The molecule has 0 unspecified atom stereocenters. The van der Waals surface area contributed by atoms with E-state index in [2.05, 4.69) is 21.9 Å². The Labute approximate surface area is 106 Å². The molecule has 0 fully saturated rings. The molecule has 0 amide bonds. The minimum Gasteiger partial charge on any atom is -0.253 e. The predicted molar refractivity (Wildman–Crippen MR) is 69.1 cm³/mol. The summed E-state index contributed by atoms with van der Waals surface area (Å²) in [6, 6.07) is 3.89. The Kier molecular flexibility index (Phi) is 3.38. The van der Waals surface area contributed by atoms with Crippen LogP contribution < -0.4 is 0 Å². The van der Waals surface area contributed by atoms with Gasteiger partial charge in [-0.05, 0) is 31.9 Å². The van der Waals surface area contributed by atoms with E-state index in [1.54, 1.807) is 6.20 Å². The highest BCUT2D eigenvalue weighted by atomic mass is 35.5. The molecule has 0 aliphatic heterocycles. The molecule has 0 aromatic carbocycles. The molecule has 0 bridgehead atoms. The number of hydrogen-bond donors (Lipinski definition) is 0. The molecule has 0 saturated heterocycles. The predicted octanol–water partition coefficient (Wildman–Crippen LogP) is 3.37. The van der Waals surface area contributed by atoms with Crippen LogP contribution in [0.25, 0.3) is 11.5 Å². The first-order chi connectivity index (χ1) is 8.13. The normalized spacial score (nSPS) is 10.6. The van der Waals surface area contributed by atoms with Gasteiger partial charge in [0.15, 0.2) is 5.82 Å². The topological polar surface area (TPSA) is 38.7 Å². The van der Waals surface area contributed by atoms with Gasteiger partial charge in [0.1, 0.15) is 10.8 Å². The molecule has 2 aromatic heterocycles. The van der Waals surface area contributed by atoms with Crippen LogP contribution in [-0.2, 0) is 6.42 Å². The summed E-state index contributed by atoms with van der Waals surface area (Å²) >= 11 is 6.12. The largest absolute Gasteiger partial charge is 0.253 e. The van der Waals surface area contributed by atoms with E-state index in [0.29, 0.717) is 11.0 Å². The van der Waals surface area contributed by atoms with Crippen molar-refractivity contribution in [2.45, 2.75) is 27.2 Å². The Hall–Kier alpha value is -1.48. The Morgan fingerprint density at radius 2 is 2.00 bits per heavy atom. The molecule has 0 atom stereocenters. The lowest BCUT2D eigenvalue weighted by atomic mass is 10.1. The fourth-order valence-electron chi connectivity index (χ4n) is 1.70. The molecular weight excluding hydrogens is 234 g/mol. The van der Waals surface area contributed by atoms with Gasteiger partial charge >= 0.3 is 0 Å². The smallest absolute Gasteiger partial charge is 0.180 e. The quantitative estimate of drug-likeness (QED) is 0.764. The first-order valence-corrected chi connectivity index (χ1v) is 5.96. The molecule has 3 nitrogen and oxygen atoms in total. The summed E-state index contributed by atoms with van der Waals surface area (Å²) in [5.74, 6) is 0.607. The number of rotatable bonds is 2. The minimum atomic E-state index is 0.511. The molecule has 0 spiro atoms. The maximum atomic E-state index is 6.12. The minimum absolute atomic E-state index is 0.511. The third-order valence-corrected chi connectivity index (χ3v) is 3.11. The van der Waals surface area contributed by atoms with Crippen molar-refractivity contribution in [2.24, 2.45) is 0 Å². The molecule has 4 heteroatoms. The third kappa shape index (κ3) is 2.29. The van der Waals surface area contributed by atoms with E-state index in [9.17, 15) is 0 Å². The zero-order chi connectivity index (χ0) is 12.4. The second kappa shape index (κ2) is 4.80. The van der Waals surface area contributed by atoms with Crippen LogP contribution in [0.1, 0.15) is 23.7 Å². The number of aromatic nitrogens is 3. The van der Waals surface area contributed by atoms with Gasteiger partial charge in [0, 0.05) is 17.5 Å². The average molecular weight is 248 g/mol. The lowest BCUT2D eigenvalue weighted by Gasteiger charge is -2.08. The maximum absolute atomic E-state index is 6.12. The van der Waals surface area contributed by atoms with E-state index >= 15 is 0 Å². The molecule has 0 aliphatic rings. The number of aryl methyl sites for hydroxylation is 2. The zero-order valence-corrected chi connectivity index (χ0v) is 10.9. The van der Waals surface area contributed by atoms with Crippen molar-refractivity contribution >= 4 is 11.6 Å². The average Bonchev–Trinajstić information content (AvgIpc) is 2.33. The number of halogens is 1. The van der Waals surface area contributed by atoms with Crippen LogP contribution in [0, 0.1) is 13.8 Å². The van der Waals surface area contributed by atoms with Crippen LogP contribution in [0.2, 0.25) is 5.15 Å².